The third kappa shape index (κ3) is 4.52. The molecule has 0 saturated carbocycles. The van der Waals surface area contributed by atoms with Crippen LogP contribution in [0.2, 0.25) is 0 Å². The number of aromatic nitrogens is 4. The first kappa shape index (κ1) is 22.2. The van der Waals surface area contributed by atoms with Crippen molar-refractivity contribution in [1.82, 2.24) is 30.0 Å². The first-order valence-electron chi connectivity index (χ1n) is 12.0. The molecule has 2 aliphatic rings. The fourth-order valence-electron chi connectivity index (χ4n) is 4.65. The summed E-state index contributed by atoms with van der Waals surface area (Å²) in [5.74, 6) is 1.61. The van der Waals surface area contributed by atoms with Gasteiger partial charge in [0.15, 0.2) is 11.5 Å². The van der Waals surface area contributed by atoms with Gasteiger partial charge >= 0.3 is 0 Å². The van der Waals surface area contributed by atoms with Gasteiger partial charge in [-0.3, -0.25) is 9.69 Å². The third-order valence-corrected chi connectivity index (χ3v) is 6.67. The van der Waals surface area contributed by atoms with E-state index in [1.54, 1.807) is 4.68 Å². The molecule has 182 valence electrons. The van der Waals surface area contributed by atoms with Crippen molar-refractivity contribution in [1.29, 1.82) is 0 Å². The number of carbonyl (C=O) groups excluding carboxylic acids is 1. The summed E-state index contributed by atoms with van der Waals surface area (Å²) in [6.45, 7) is 6.08. The van der Waals surface area contributed by atoms with Gasteiger partial charge in [0, 0.05) is 38.3 Å². The Hall–Kier alpha value is -4.24. The van der Waals surface area contributed by atoms with E-state index >= 15 is 0 Å². The minimum atomic E-state index is 0.0148. The molecule has 1 aromatic heterocycles. The van der Waals surface area contributed by atoms with Crippen LogP contribution in [0.1, 0.15) is 21.5 Å². The quantitative estimate of drug-likeness (QED) is 0.431. The first-order valence-corrected chi connectivity index (χ1v) is 12.0. The van der Waals surface area contributed by atoms with Crippen LogP contribution in [0.5, 0.6) is 11.5 Å². The van der Waals surface area contributed by atoms with E-state index < -0.39 is 0 Å². The Labute approximate surface area is 208 Å². The normalized spacial score (nSPS) is 15.3. The smallest absolute Gasteiger partial charge is 0.254 e. The van der Waals surface area contributed by atoms with Gasteiger partial charge in [-0.25, -0.2) is 4.68 Å². The highest BCUT2D eigenvalue weighted by molar-refractivity contribution is 5.96. The van der Waals surface area contributed by atoms with Gasteiger partial charge < -0.3 is 14.4 Å². The zero-order valence-corrected chi connectivity index (χ0v) is 20.0. The number of aryl methyl sites for hydroxylation is 1. The number of piperazine rings is 1. The Morgan fingerprint density at radius 2 is 1.69 bits per heavy atom. The summed E-state index contributed by atoms with van der Waals surface area (Å²) in [5, 5.41) is 11.5. The maximum absolute atomic E-state index is 13.6. The lowest BCUT2D eigenvalue weighted by Gasteiger charge is -2.35. The Morgan fingerprint density at radius 3 is 2.47 bits per heavy atom. The molecule has 2 aliphatic heterocycles. The molecule has 36 heavy (non-hydrogen) atoms. The number of rotatable bonds is 5. The predicted molar refractivity (Wildman–Crippen MR) is 133 cm³/mol. The summed E-state index contributed by atoms with van der Waals surface area (Å²) in [5.41, 5.74) is 5.73. The van der Waals surface area contributed by atoms with Crippen LogP contribution < -0.4 is 9.47 Å². The van der Waals surface area contributed by atoms with E-state index in [1.165, 1.54) is 17.5 Å². The summed E-state index contributed by atoms with van der Waals surface area (Å²) in [6, 6.07) is 20.2. The molecule has 0 atom stereocenters. The number of benzene rings is 3. The molecule has 3 heterocycles. The van der Waals surface area contributed by atoms with E-state index in [0.29, 0.717) is 18.7 Å². The molecular formula is C27H26N6O3. The van der Waals surface area contributed by atoms with E-state index in [1.807, 2.05) is 35.2 Å². The van der Waals surface area contributed by atoms with Crippen LogP contribution in [0.4, 0.5) is 0 Å². The van der Waals surface area contributed by atoms with Crippen molar-refractivity contribution < 1.29 is 14.3 Å². The second-order valence-electron chi connectivity index (χ2n) is 9.14. The number of nitrogens with zero attached hydrogens (tertiary/aromatic N) is 6. The Bertz CT molecular complexity index is 1380. The second-order valence-corrected chi connectivity index (χ2v) is 9.14. The van der Waals surface area contributed by atoms with Gasteiger partial charge in [0.25, 0.3) is 5.91 Å². The molecule has 9 nitrogen and oxygen atoms in total. The van der Waals surface area contributed by atoms with Crippen LogP contribution in [-0.2, 0) is 6.54 Å². The van der Waals surface area contributed by atoms with Crippen molar-refractivity contribution >= 4 is 5.91 Å². The zero-order valence-electron chi connectivity index (χ0n) is 20.0. The number of carbonyl (C=O) groups is 1. The summed E-state index contributed by atoms with van der Waals surface area (Å²) in [4.78, 5) is 17.9. The monoisotopic (exact) mass is 482 g/mol. The van der Waals surface area contributed by atoms with E-state index in [4.69, 9.17) is 9.47 Å². The SMILES string of the molecule is Cc1ccc(-c2cc(C(=O)N3CCN(Cc4ccc5c(c4)OCO5)CC3)cc(-n3cnnn3)c2)cc1. The number of tetrazole rings is 1. The van der Waals surface area contributed by atoms with Crippen LogP contribution in [0.15, 0.2) is 67.0 Å². The summed E-state index contributed by atoms with van der Waals surface area (Å²) in [7, 11) is 0. The summed E-state index contributed by atoms with van der Waals surface area (Å²) in [6.07, 6.45) is 1.54. The van der Waals surface area contributed by atoms with Crippen molar-refractivity contribution in [2.75, 3.05) is 33.0 Å². The fraction of sp³-hybridized carbons (Fsp3) is 0.259. The average molecular weight is 483 g/mol. The fourth-order valence-corrected chi connectivity index (χ4v) is 4.65. The predicted octanol–water partition coefficient (Wildman–Crippen LogP) is 3.32. The molecule has 1 saturated heterocycles. The third-order valence-electron chi connectivity index (χ3n) is 6.67. The Balaban J connectivity index is 1.19. The molecule has 9 heteroatoms. The first-order chi connectivity index (χ1) is 17.6. The van der Waals surface area contributed by atoms with Crippen LogP contribution >= 0.6 is 0 Å². The van der Waals surface area contributed by atoms with E-state index in [9.17, 15) is 4.79 Å². The minimum absolute atomic E-state index is 0.0148. The van der Waals surface area contributed by atoms with Crippen LogP contribution in [0, 0.1) is 6.92 Å². The van der Waals surface area contributed by atoms with Gasteiger partial charge in [0.05, 0.1) is 5.69 Å². The molecule has 0 unspecified atom stereocenters. The van der Waals surface area contributed by atoms with Crippen LogP contribution in [0.3, 0.4) is 0 Å². The number of fused-ring (bicyclic) bond motifs is 1. The largest absolute Gasteiger partial charge is 0.454 e. The molecular weight excluding hydrogens is 456 g/mol. The van der Waals surface area contributed by atoms with Crippen LogP contribution in [-0.4, -0.2) is 68.9 Å². The van der Waals surface area contributed by atoms with Gasteiger partial charge in [0.1, 0.15) is 6.33 Å². The molecule has 0 N–H and O–H groups in total. The van der Waals surface area contributed by atoms with Gasteiger partial charge in [-0.2, -0.15) is 0 Å². The average Bonchev–Trinajstić information content (AvgIpc) is 3.61. The lowest BCUT2D eigenvalue weighted by atomic mass is 10.00. The number of hydrogen-bond donors (Lipinski definition) is 0. The van der Waals surface area contributed by atoms with Crippen molar-refractivity contribution in [3.05, 3.63) is 83.7 Å². The van der Waals surface area contributed by atoms with Crippen molar-refractivity contribution in [2.45, 2.75) is 13.5 Å². The molecule has 3 aromatic carbocycles. The van der Waals surface area contributed by atoms with Gasteiger partial charge in [-0.15, -0.1) is 5.10 Å². The maximum Gasteiger partial charge on any atom is 0.254 e. The standard InChI is InChI=1S/C27H26N6O3/c1-19-2-5-21(6-3-19)22-13-23(15-24(14-22)33-17-28-29-30-33)27(34)32-10-8-31(9-11-32)16-20-4-7-25-26(12-20)36-18-35-25/h2-7,12-15,17H,8-11,16,18H2,1H3. The van der Waals surface area contributed by atoms with Crippen molar-refractivity contribution in [2.24, 2.45) is 0 Å². The highest BCUT2D eigenvalue weighted by Crippen LogP contribution is 2.33. The second kappa shape index (κ2) is 9.43. The minimum Gasteiger partial charge on any atom is -0.454 e. The van der Waals surface area contributed by atoms with E-state index in [0.717, 1.165) is 47.9 Å². The molecule has 0 spiro atoms. The van der Waals surface area contributed by atoms with Crippen molar-refractivity contribution in [3.63, 3.8) is 0 Å². The van der Waals surface area contributed by atoms with Gasteiger partial charge in [0.2, 0.25) is 6.79 Å². The Kier molecular flexibility index (Phi) is 5.82. The lowest BCUT2D eigenvalue weighted by molar-refractivity contribution is 0.0628. The topological polar surface area (TPSA) is 85.6 Å². The number of hydrogen-bond acceptors (Lipinski definition) is 7. The lowest BCUT2D eigenvalue weighted by Crippen LogP contribution is -2.48. The Morgan fingerprint density at radius 1 is 0.889 bits per heavy atom. The molecule has 0 bridgehead atoms. The van der Waals surface area contributed by atoms with E-state index in [2.05, 4.69) is 57.7 Å². The van der Waals surface area contributed by atoms with Gasteiger partial charge in [-0.05, 0) is 64.4 Å². The number of ether oxygens (including phenoxy) is 2. The summed E-state index contributed by atoms with van der Waals surface area (Å²) < 4.78 is 12.5. The zero-order chi connectivity index (χ0) is 24.5. The van der Waals surface area contributed by atoms with Crippen molar-refractivity contribution in [3.8, 4) is 28.3 Å². The highest BCUT2D eigenvalue weighted by atomic mass is 16.7. The summed E-state index contributed by atoms with van der Waals surface area (Å²) >= 11 is 0. The molecule has 0 aliphatic carbocycles. The van der Waals surface area contributed by atoms with Crippen LogP contribution in [0.25, 0.3) is 16.8 Å². The van der Waals surface area contributed by atoms with Gasteiger partial charge in [-0.1, -0.05) is 35.9 Å². The molecule has 1 amide bonds. The molecule has 6 rings (SSSR count). The van der Waals surface area contributed by atoms with E-state index in [-0.39, 0.29) is 12.7 Å². The number of amides is 1. The maximum atomic E-state index is 13.6. The molecule has 0 radical (unpaired) electrons. The highest BCUT2D eigenvalue weighted by Gasteiger charge is 2.24. The molecule has 4 aromatic rings. The molecule has 1 fully saturated rings.